The fourth-order valence-electron chi connectivity index (χ4n) is 3.40. The van der Waals surface area contributed by atoms with Crippen molar-refractivity contribution in [2.75, 3.05) is 31.6 Å². The van der Waals surface area contributed by atoms with Crippen molar-refractivity contribution in [1.29, 1.82) is 0 Å². The van der Waals surface area contributed by atoms with Gasteiger partial charge in [0.05, 0.1) is 7.11 Å². The lowest BCUT2D eigenvalue weighted by molar-refractivity contribution is 0.337. The Bertz CT molecular complexity index is 604. The Morgan fingerprint density at radius 3 is 2.41 bits per heavy atom. The quantitative estimate of drug-likeness (QED) is 0.941. The fourth-order valence-corrected chi connectivity index (χ4v) is 3.40. The Morgan fingerprint density at radius 2 is 1.77 bits per heavy atom. The predicted octanol–water partition coefficient (Wildman–Crippen LogP) is 3.19. The van der Waals surface area contributed by atoms with Crippen molar-refractivity contribution >= 4 is 5.69 Å². The number of anilines is 1. The van der Waals surface area contributed by atoms with Crippen molar-refractivity contribution in [1.82, 2.24) is 0 Å². The number of benzene rings is 2. The third-order valence-corrected chi connectivity index (χ3v) is 4.91. The van der Waals surface area contributed by atoms with E-state index in [1.165, 1.54) is 11.3 Å². The predicted molar refractivity (Wildman–Crippen MR) is 91.6 cm³/mol. The summed E-state index contributed by atoms with van der Waals surface area (Å²) in [6, 6.07) is 19.0. The number of hydrogen-bond donors (Lipinski definition) is 1. The van der Waals surface area contributed by atoms with E-state index in [-0.39, 0.29) is 5.41 Å². The molecular weight excluding hydrogens is 272 g/mol. The lowest BCUT2D eigenvalue weighted by Gasteiger charge is -2.42. The van der Waals surface area contributed by atoms with E-state index < -0.39 is 0 Å². The molecule has 0 radical (unpaired) electrons. The van der Waals surface area contributed by atoms with Gasteiger partial charge in [-0.05, 0) is 42.7 Å². The summed E-state index contributed by atoms with van der Waals surface area (Å²) in [6.07, 6.45) is 2.15. The highest BCUT2D eigenvalue weighted by molar-refractivity contribution is 5.47. The summed E-state index contributed by atoms with van der Waals surface area (Å²) in [6.45, 7) is 2.76. The summed E-state index contributed by atoms with van der Waals surface area (Å²) in [5, 5.41) is 0. The van der Waals surface area contributed by atoms with Crippen molar-refractivity contribution in [3.8, 4) is 5.75 Å². The van der Waals surface area contributed by atoms with E-state index >= 15 is 0 Å². The van der Waals surface area contributed by atoms with Gasteiger partial charge in [-0.15, -0.1) is 0 Å². The number of nitrogens with two attached hydrogens (primary N) is 1. The van der Waals surface area contributed by atoms with Crippen LogP contribution in [0.5, 0.6) is 5.75 Å². The van der Waals surface area contributed by atoms with Crippen molar-refractivity contribution in [2.24, 2.45) is 5.73 Å². The van der Waals surface area contributed by atoms with Crippen LogP contribution in [0.15, 0.2) is 54.6 Å². The largest absolute Gasteiger partial charge is 0.497 e. The molecule has 0 aromatic heterocycles. The van der Waals surface area contributed by atoms with Gasteiger partial charge >= 0.3 is 0 Å². The number of nitrogens with zero attached hydrogens (tertiary/aromatic N) is 1. The number of hydrogen-bond acceptors (Lipinski definition) is 3. The molecule has 1 aliphatic heterocycles. The maximum atomic E-state index is 6.19. The maximum Gasteiger partial charge on any atom is 0.119 e. The van der Waals surface area contributed by atoms with Crippen LogP contribution in [0.3, 0.4) is 0 Å². The van der Waals surface area contributed by atoms with Gasteiger partial charge in [0.2, 0.25) is 0 Å². The van der Waals surface area contributed by atoms with Crippen LogP contribution in [0, 0.1) is 0 Å². The third-order valence-electron chi connectivity index (χ3n) is 4.91. The van der Waals surface area contributed by atoms with E-state index in [0.29, 0.717) is 6.54 Å². The summed E-state index contributed by atoms with van der Waals surface area (Å²) in [7, 11) is 1.71. The second kappa shape index (κ2) is 6.41. The molecule has 3 nitrogen and oxygen atoms in total. The molecule has 0 spiro atoms. The van der Waals surface area contributed by atoms with E-state index in [0.717, 1.165) is 31.7 Å². The molecule has 0 unspecified atom stereocenters. The molecule has 3 rings (SSSR count). The first kappa shape index (κ1) is 14.9. The van der Waals surface area contributed by atoms with Crippen molar-refractivity contribution in [3.63, 3.8) is 0 Å². The molecule has 0 atom stereocenters. The first-order chi connectivity index (χ1) is 10.8. The van der Waals surface area contributed by atoms with Gasteiger partial charge in [0, 0.05) is 30.7 Å². The Hall–Kier alpha value is -2.00. The fraction of sp³-hybridized carbons (Fsp3) is 0.368. The summed E-state index contributed by atoms with van der Waals surface area (Å²) >= 11 is 0. The average Bonchev–Trinajstić information content (AvgIpc) is 2.62. The smallest absolute Gasteiger partial charge is 0.119 e. The Morgan fingerprint density at radius 1 is 1.05 bits per heavy atom. The number of rotatable bonds is 4. The zero-order valence-corrected chi connectivity index (χ0v) is 13.2. The molecule has 1 fully saturated rings. The molecule has 116 valence electrons. The molecule has 2 N–H and O–H groups in total. The van der Waals surface area contributed by atoms with Gasteiger partial charge in [-0.3, -0.25) is 0 Å². The molecule has 0 saturated carbocycles. The van der Waals surface area contributed by atoms with Gasteiger partial charge in [-0.1, -0.05) is 30.3 Å². The molecule has 22 heavy (non-hydrogen) atoms. The normalized spacial score (nSPS) is 17.3. The lowest BCUT2D eigenvalue weighted by atomic mass is 9.72. The molecule has 2 aromatic carbocycles. The molecule has 2 aromatic rings. The monoisotopic (exact) mass is 296 g/mol. The minimum Gasteiger partial charge on any atom is -0.497 e. The molecular formula is C19H24N2O. The highest BCUT2D eigenvalue weighted by Crippen LogP contribution is 2.37. The van der Waals surface area contributed by atoms with E-state index in [4.69, 9.17) is 10.5 Å². The summed E-state index contributed by atoms with van der Waals surface area (Å²) in [4.78, 5) is 2.45. The standard InChI is InChI=1S/C19H24N2O/c1-22-18-9-5-6-16(14-18)19(15-20)10-12-21(13-11-19)17-7-3-2-4-8-17/h2-9,14H,10-13,15,20H2,1H3. The molecule has 0 amide bonds. The highest BCUT2D eigenvalue weighted by atomic mass is 16.5. The van der Waals surface area contributed by atoms with Crippen molar-refractivity contribution in [2.45, 2.75) is 18.3 Å². The summed E-state index contributed by atoms with van der Waals surface area (Å²) in [5.74, 6) is 0.913. The van der Waals surface area contributed by atoms with E-state index in [2.05, 4.69) is 53.4 Å². The van der Waals surface area contributed by atoms with Gasteiger partial charge in [0.1, 0.15) is 5.75 Å². The number of ether oxygens (including phenoxy) is 1. The SMILES string of the molecule is COc1cccc(C2(CN)CCN(c3ccccc3)CC2)c1. The first-order valence-corrected chi connectivity index (χ1v) is 7.92. The van der Waals surface area contributed by atoms with Gasteiger partial charge in [0.25, 0.3) is 0 Å². The number of methoxy groups -OCH3 is 1. The topological polar surface area (TPSA) is 38.5 Å². The highest BCUT2D eigenvalue weighted by Gasteiger charge is 2.35. The van der Waals surface area contributed by atoms with Gasteiger partial charge in [0.15, 0.2) is 0 Å². The molecule has 1 heterocycles. The Kier molecular flexibility index (Phi) is 4.34. The molecule has 1 aliphatic rings. The Balaban J connectivity index is 1.79. The number of piperidine rings is 1. The van der Waals surface area contributed by atoms with E-state index in [1.807, 2.05) is 6.07 Å². The van der Waals surface area contributed by atoms with E-state index in [1.54, 1.807) is 7.11 Å². The van der Waals surface area contributed by atoms with Crippen LogP contribution in [0.4, 0.5) is 5.69 Å². The van der Waals surface area contributed by atoms with Crippen LogP contribution in [0.25, 0.3) is 0 Å². The van der Waals surface area contributed by atoms with Crippen LogP contribution in [-0.2, 0) is 5.41 Å². The van der Waals surface area contributed by atoms with Crippen molar-refractivity contribution < 1.29 is 4.74 Å². The minimum absolute atomic E-state index is 0.0693. The molecule has 0 aliphatic carbocycles. The minimum atomic E-state index is 0.0693. The zero-order valence-electron chi connectivity index (χ0n) is 13.2. The van der Waals surface area contributed by atoms with Crippen LogP contribution < -0.4 is 15.4 Å². The summed E-state index contributed by atoms with van der Waals surface area (Å²) < 4.78 is 5.37. The van der Waals surface area contributed by atoms with Gasteiger partial charge in [-0.25, -0.2) is 0 Å². The van der Waals surface area contributed by atoms with Crippen LogP contribution >= 0.6 is 0 Å². The second-order valence-electron chi connectivity index (χ2n) is 6.04. The van der Waals surface area contributed by atoms with E-state index in [9.17, 15) is 0 Å². The van der Waals surface area contributed by atoms with Crippen LogP contribution in [0.1, 0.15) is 18.4 Å². The average molecular weight is 296 g/mol. The second-order valence-corrected chi connectivity index (χ2v) is 6.04. The van der Waals surface area contributed by atoms with Gasteiger partial charge < -0.3 is 15.4 Å². The number of para-hydroxylation sites is 1. The van der Waals surface area contributed by atoms with Crippen LogP contribution in [0.2, 0.25) is 0 Å². The van der Waals surface area contributed by atoms with Crippen LogP contribution in [-0.4, -0.2) is 26.7 Å². The van der Waals surface area contributed by atoms with Gasteiger partial charge in [-0.2, -0.15) is 0 Å². The zero-order chi connectivity index (χ0) is 15.4. The Labute approximate surface area is 132 Å². The third kappa shape index (κ3) is 2.81. The summed E-state index contributed by atoms with van der Waals surface area (Å²) in [5.41, 5.74) is 8.87. The van der Waals surface area contributed by atoms with Crippen molar-refractivity contribution in [3.05, 3.63) is 60.2 Å². The maximum absolute atomic E-state index is 6.19. The molecule has 3 heteroatoms. The lowest BCUT2D eigenvalue weighted by Crippen LogP contribution is -2.46. The first-order valence-electron chi connectivity index (χ1n) is 7.92. The molecule has 0 bridgehead atoms. The molecule has 1 saturated heterocycles.